The molecule has 0 spiro atoms. The molecule has 2 heterocycles. The Morgan fingerprint density at radius 3 is 2.46 bits per heavy atom. The van der Waals surface area contributed by atoms with Gasteiger partial charge in [0.05, 0.1) is 10.3 Å². The quantitative estimate of drug-likeness (QED) is 0.116. The maximum atomic E-state index is 13.5. The number of β-lactam (4-membered cyclic amide) rings is 1. The number of hydrogen-bond acceptors (Lipinski definition) is 9. The fraction of sp³-hybridized carbons (Fsp3) is 0.375. The fourth-order valence-corrected chi connectivity index (χ4v) is 6.90. The van der Waals surface area contributed by atoms with Crippen LogP contribution in [0.4, 0.5) is 5.69 Å². The minimum Gasteiger partial charge on any atom is -0.460 e. The highest BCUT2D eigenvalue weighted by Gasteiger charge is 2.71. The number of non-ortho nitro benzene ring substituents is 1. The van der Waals surface area contributed by atoms with Gasteiger partial charge >= 0.3 is 11.8 Å². The molecule has 2 aliphatic rings. The molecule has 2 aromatic rings. The first-order valence-electron chi connectivity index (χ1n) is 11.2. The summed E-state index contributed by atoms with van der Waals surface area (Å²) in [6.45, 7) is 1.14. The topological polar surface area (TPSA) is 137 Å². The van der Waals surface area contributed by atoms with Crippen LogP contribution in [-0.2, 0) is 30.5 Å². The Labute approximate surface area is 225 Å². The predicted octanol–water partition coefficient (Wildman–Crippen LogP) is 2.82. The van der Waals surface area contributed by atoms with Gasteiger partial charge in [-0.05, 0) is 29.8 Å². The molecule has 196 valence electrons. The van der Waals surface area contributed by atoms with Gasteiger partial charge in [-0.15, -0.1) is 11.8 Å². The van der Waals surface area contributed by atoms with Gasteiger partial charge in [-0.1, -0.05) is 34.1 Å². The number of methoxy groups -OCH3 is 1. The summed E-state index contributed by atoms with van der Waals surface area (Å²) >= 11 is 4.57. The molecule has 4 rings (SSSR count). The van der Waals surface area contributed by atoms with Crippen molar-refractivity contribution in [2.45, 2.75) is 30.1 Å². The summed E-state index contributed by atoms with van der Waals surface area (Å²) in [6.07, 6.45) is 0. The Kier molecular flexibility index (Phi) is 7.76. The first kappa shape index (κ1) is 26.9. The Bertz CT molecular complexity index is 1200. The number of thioether (sulfide) groups is 1. The van der Waals surface area contributed by atoms with Crippen LogP contribution in [0, 0.1) is 15.5 Å². The average molecular weight is 594 g/mol. The number of para-hydroxylation sites is 1. The van der Waals surface area contributed by atoms with Gasteiger partial charge in [0.15, 0.2) is 5.37 Å². The van der Waals surface area contributed by atoms with Crippen molar-refractivity contribution in [2.24, 2.45) is 5.41 Å². The van der Waals surface area contributed by atoms with E-state index in [1.54, 1.807) is 24.3 Å². The Hall–Kier alpha value is -3.16. The van der Waals surface area contributed by atoms with E-state index in [2.05, 4.69) is 21.2 Å². The summed E-state index contributed by atoms with van der Waals surface area (Å²) in [5.41, 5.74) is -0.852. The van der Waals surface area contributed by atoms with Crippen molar-refractivity contribution < 1.29 is 33.5 Å². The molecule has 0 aliphatic carbocycles. The fourth-order valence-electron chi connectivity index (χ4n) is 4.20. The van der Waals surface area contributed by atoms with Gasteiger partial charge in [-0.2, -0.15) is 0 Å². The molecule has 3 unspecified atom stereocenters. The molecule has 2 saturated heterocycles. The van der Waals surface area contributed by atoms with Crippen molar-refractivity contribution in [3.05, 3.63) is 70.3 Å². The number of nitrogens with one attached hydrogen (secondary N) is 1. The lowest BCUT2D eigenvalue weighted by atomic mass is 9.86. The van der Waals surface area contributed by atoms with Crippen molar-refractivity contribution in [1.82, 2.24) is 10.2 Å². The molecule has 13 heteroatoms. The van der Waals surface area contributed by atoms with Crippen LogP contribution in [0.15, 0.2) is 54.6 Å². The van der Waals surface area contributed by atoms with Crippen molar-refractivity contribution in [3.8, 4) is 5.75 Å². The minimum absolute atomic E-state index is 0.0535. The molecule has 2 aromatic carbocycles. The molecule has 1 N–H and O–H groups in total. The first-order valence-corrected chi connectivity index (χ1v) is 13.2. The molecule has 0 saturated carbocycles. The van der Waals surface area contributed by atoms with Crippen molar-refractivity contribution >= 4 is 51.2 Å². The molecular formula is C24H24BrN3O8S. The largest absolute Gasteiger partial charge is 0.460 e. The lowest BCUT2D eigenvalue weighted by Gasteiger charge is -2.59. The molecule has 0 aromatic heterocycles. The van der Waals surface area contributed by atoms with Crippen molar-refractivity contribution in [3.63, 3.8) is 0 Å². The Morgan fingerprint density at radius 2 is 1.89 bits per heavy atom. The zero-order chi connectivity index (χ0) is 26.8. The summed E-state index contributed by atoms with van der Waals surface area (Å²) in [4.78, 5) is 50.7. The van der Waals surface area contributed by atoms with Gasteiger partial charge in [0, 0.05) is 38.0 Å². The number of carbonyl (C=O) groups excluding carboxylic acids is 3. The molecule has 2 aliphatic heterocycles. The number of ether oxygens (including phenoxy) is 3. The second kappa shape index (κ2) is 10.7. The lowest BCUT2D eigenvalue weighted by Crippen LogP contribution is -2.81. The van der Waals surface area contributed by atoms with Crippen LogP contribution >= 0.6 is 27.7 Å². The third-order valence-corrected chi connectivity index (χ3v) is 8.86. The molecule has 11 nitrogen and oxygen atoms in total. The molecule has 2 amide bonds. The maximum absolute atomic E-state index is 13.5. The van der Waals surface area contributed by atoms with Crippen LogP contribution in [0.25, 0.3) is 0 Å². The number of benzene rings is 2. The van der Waals surface area contributed by atoms with Crippen molar-refractivity contribution in [1.29, 1.82) is 0 Å². The molecule has 2 fully saturated rings. The summed E-state index contributed by atoms with van der Waals surface area (Å²) in [5, 5.41) is 12.4. The van der Waals surface area contributed by atoms with Gasteiger partial charge in [-0.3, -0.25) is 24.5 Å². The number of amides is 2. The minimum atomic E-state index is -1.62. The third kappa shape index (κ3) is 4.90. The number of carbonyl (C=O) groups is 3. The highest BCUT2D eigenvalue weighted by molar-refractivity contribution is 9.09. The van der Waals surface area contributed by atoms with Crippen LogP contribution < -0.4 is 10.1 Å². The van der Waals surface area contributed by atoms with E-state index in [9.17, 15) is 24.5 Å². The van der Waals surface area contributed by atoms with Crippen molar-refractivity contribution in [2.75, 3.05) is 19.0 Å². The van der Waals surface area contributed by atoms with Gasteiger partial charge < -0.3 is 24.4 Å². The van der Waals surface area contributed by atoms with E-state index in [-0.39, 0.29) is 30.1 Å². The zero-order valence-corrected chi connectivity index (χ0v) is 22.3. The van der Waals surface area contributed by atoms with E-state index < -0.39 is 38.7 Å². The highest BCUT2D eigenvalue weighted by Crippen LogP contribution is 2.52. The molecule has 0 radical (unpaired) electrons. The predicted molar refractivity (Wildman–Crippen MR) is 137 cm³/mol. The number of esters is 1. The smallest absolute Gasteiger partial charge is 0.321 e. The number of hydrogen-bond donors (Lipinski definition) is 1. The Balaban J connectivity index is 1.56. The van der Waals surface area contributed by atoms with E-state index in [4.69, 9.17) is 14.2 Å². The van der Waals surface area contributed by atoms with Gasteiger partial charge in [-0.25, -0.2) is 0 Å². The van der Waals surface area contributed by atoms with Crippen LogP contribution in [0.5, 0.6) is 5.75 Å². The third-order valence-electron chi connectivity index (χ3n) is 6.20. The number of alkyl halides is 1. The standard InChI is InChI=1S/C24H24BrN3O8S/c1-15(29)26-19-23(13-25,22(31)35-12-16-8-10-17(11-9-16)28(32)33)14-27-20(30)24(34-2,21(27)37-19)36-18-6-4-3-5-7-18/h3-11,19,21H,12-14H2,1-2H3,(H,26,29)/t19?,21-,23?,24?/m1/s1. The summed E-state index contributed by atoms with van der Waals surface area (Å²) in [5.74, 6) is -2.64. The van der Waals surface area contributed by atoms with E-state index in [1.807, 2.05) is 6.07 Å². The maximum Gasteiger partial charge on any atom is 0.321 e. The second-order valence-electron chi connectivity index (χ2n) is 8.58. The number of nitrogens with zero attached hydrogens (tertiary/aromatic N) is 2. The average Bonchev–Trinajstić information content (AvgIpc) is 2.90. The number of fused-ring (bicyclic) bond motifs is 1. The van der Waals surface area contributed by atoms with Crippen LogP contribution in [-0.4, -0.2) is 63.1 Å². The van der Waals surface area contributed by atoms with E-state index in [0.29, 0.717) is 11.3 Å². The van der Waals surface area contributed by atoms with Gasteiger partial charge in [0.2, 0.25) is 5.91 Å². The Morgan fingerprint density at radius 1 is 1.22 bits per heavy atom. The van der Waals surface area contributed by atoms with Crippen LogP contribution in [0.2, 0.25) is 0 Å². The molecule has 37 heavy (non-hydrogen) atoms. The van der Waals surface area contributed by atoms with Crippen LogP contribution in [0.3, 0.4) is 0 Å². The lowest BCUT2D eigenvalue weighted by molar-refractivity contribution is -0.384. The molecular weight excluding hydrogens is 570 g/mol. The summed E-state index contributed by atoms with van der Waals surface area (Å²) in [7, 11) is 1.37. The monoisotopic (exact) mass is 593 g/mol. The van der Waals surface area contributed by atoms with E-state index in [1.165, 1.54) is 55.0 Å². The SMILES string of the molecule is COC1(Oc2ccccc2)C(=O)N2CC(CBr)(C(=O)OCc3ccc([N+](=O)[O-])cc3)C(NC(C)=O)S[C@@H]21. The number of rotatable bonds is 9. The number of halogens is 1. The van der Waals surface area contributed by atoms with Crippen LogP contribution in [0.1, 0.15) is 12.5 Å². The zero-order valence-electron chi connectivity index (χ0n) is 19.9. The van der Waals surface area contributed by atoms with E-state index >= 15 is 0 Å². The highest BCUT2D eigenvalue weighted by atomic mass is 79.9. The summed E-state index contributed by atoms with van der Waals surface area (Å²) < 4.78 is 17.2. The van der Waals surface area contributed by atoms with Gasteiger partial charge in [0.25, 0.3) is 11.6 Å². The number of nitro groups is 1. The van der Waals surface area contributed by atoms with E-state index in [0.717, 1.165) is 0 Å². The molecule has 4 atom stereocenters. The first-order chi connectivity index (χ1) is 17.7. The van der Waals surface area contributed by atoms with Gasteiger partial charge in [0.1, 0.15) is 17.8 Å². The second-order valence-corrected chi connectivity index (χ2v) is 10.3. The normalized spacial score (nSPS) is 26.5. The summed E-state index contributed by atoms with van der Waals surface area (Å²) in [6, 6.07) is 14.4. The number of nitro benzene ring substituents is 1. The molecule has 0 bridgehead atoms.